The molecule has 0 saturated carbocycles. The molecule has 0 N–H and O–H groups in total. The molecule has 0 spiro atoms. The molecule has 0 bridgehead atoms. The van der Waals surface area contributed by atoms with Gasteiger partial charge in [-0.3, -0.25) is 9.48 Å². The molecule has 0 atom stereocenters. The number of amides is 1. The van der Waals surface area contributed by atoms with Crippen LogP contribution in [0.2, 0.25) is 0 Å². The Morgan fingerprint density at radius 2 is 1.86 bits per heavy atom. The van der Waals surface area contributed by atoms with E-state index in [2.05, 4.69) is 5.10 Å². The van der Waals surface area contributed by atoms with Gasteiger partial charge in [-0.25, -0.2) is 0 Å². The molecule has 1 aliphatic heterocycles. The molecular weight excluding hydrogens is 295 g/mol. The van der Waals surface area contributed by atoms with E-state index in [0.717, 1.165) is 11.8 Å². The Morgan fingerprint density at radius 1 is 1.14 bits per heavy atom. The van der Waals surface area contributed by atoms with Crippen molar-refractivity contribution in [1.82, 2.24) is 9.78 Å². The van der Waals surface area contributed by atoms with Gasteiger partial charge in [-0.15, -0.1) is 0 Å². The van der Waals surface area contributed by atoms with Crippen molar-refractivity contribution < 1.29 is 18.0 Å². The van der Waals surface area contributed by atoms with Crippen LogP contribution in [0.5, 0.6) is 0 Å². The molecule has 0 fully saturated rings. The first-order valence-corrected chi connectivity index (χ1v) is 6.81. The van der Waals surface area contributed by atoms with Gasteiger partial charge in [-0.1, -0.05) is 0 Å². The third-order valence-corrected chi connectivity index (χ3v) is 3.73. The summed E-state index contributed by atoms with van der Waals surface area (Å²) in [6.07, 6.45) is -4.38. The quantitative estimate of drug-likeness (QED) is 0.811. The molecule has 7 heteroatoms. The third kappa shape index (κ3) is 2.36. The summed E-state index contributed by atoms with van der Waals surface area (Å²) in [4.78, 5) is 14.0. The van der Waals surface area contributed by atoms with Crippen molar-refractivity contribution in [3.63, 3.8) is 0 Å². The first kappa shape index (κ1) is 14.6. The molecule has 2 aromatic rings. The van der Waals surface area contributed by atoms with Crippen molar-refractivity contribution in [1.29, 1.82) is 0 Å². The van der Waals surface area contributed by atoms with E-state index in [4.69, 9.17) is 0 Å². The first-order valence-electron chi connectivity index (χ1n) is 6.81. The van der Waals surface area contributed by atoms with Crippen molar-refractivity contribution in [2.45, 2.75) is 26.6 Å². The van der Waals surface area contributed by atoms with Crippen LogP contribution < -0.4 is 4.90 Å². The van der Waals surface area contributed by atoms with Crippen LogP contribution in [0.3, 0.4) is 0 Å². The lowest BCUT2D eigenvalue weighted by Crippen LogP contribution is -2.40. The fraction of sp³-hybridized carbons (Fsp3) is 0.333. The Morgan fingerprint density at radius 3 is 2.50 bits per heavy atom. The normalized spacial score (nSPS) is 15.1. The lowest BCUT2D eigenvalue weighted by atomic mass is 10.1. The molecule has 3 rings (SSSR count). The maximum Gasteiger partial charge on any atom is 0.416 e. The van der Waals surface area contributed by atoms with Gasteiger partial charge in [-0.2, -0.15) is 18.3 Å². The van der Waals surface area contributed by atoms with Crippen molar-refractivity contribution in [3.8, 4) is 0 Å². The number of nitrogens with zero attached hydrogens (tertiary/aromatic N) is 3. The van der Waals surface area contributed by atoms with Gasteiger partial charge < -0.3 is 4.90 Å². The fourth-order valence-electron chi connectivity index (χ4n) is 2.70. The van der Waals surface area contributed by atoms with Gasteiger partial charge in [0.05, 0.1) is 17.8 Å². The number of anilines is 1. The Kier molecular flexibility index (Phi) is 3.23. The summed E-state index contributed by atoms with van der Waals surface area (Å²) in [5.74, 6) is -0.244. The highest BCUT2D eigenvalue weighted by atomic mass is 19.4. The zero-order valence-corrected chi connectivity index (χ0v) is 12.1. The van der Waals surface area contributed by atoms with Crippen LogP contribution in [0.15, 0.2) is 24.3 Å². The average molecular weight is 309 g/mol. The minimum absolute atomic E-state index is 0.105. The first-order chi connectivity index (χ1) is 10.3. The highest BCUT2D eigenvalue weighted by molar-refractivity contribution is 6.05. The molecule has 0 unspecified atom stereocenters. The van der Waals surface area contributed by atoms with Gasteiger partial charge in [-0.05, 0) is 43.7 Å². The number of rotatable bonds is 1. The van der Waals surface area contributed by atoms with Gasteiger partial charge in [0.15, 0.2) is 0 Å². The summed E-state index contributed by atoms with van der Waals surface area (Å²) in [5, 5.41) is 4.21. The Labute approximate surface area is 125 Å². The van der Waals surface area contributed by atoms with Gasteiger partial charge >= 0.3 is 6.18 Å². The van der Waals surface area contributed by atoms with Crippen LogP contribution in [-0.2, 0) is 12.7 Å². The monoisotopic (exact) mass is 309 g/mol. The van der Waals surface area contributed by atoms with E-state index in [0.29, 0.717) is 24.5 Å². The lowest BCUT2D eigenvalue weighted by Gasteiger charge is -2.28. The summed E-state index contributed by atoms with van der Waals surface area (Å²) >= 11 is 0. The molecule has 22 heavy (non-hydrogen) atoms. The van der Waals surface area contributed by atoms with Crippen LogP contribution in [-0.4, -0.2) is 22.2 Å². The summed E-state index contributed by atoms with van der Waals surface area (Å²) in [7, 11) is 0. The van der Waals surface area contributed by atoms with Crippen LogP contribution in [0.25, 0.3) is 0 Å². The maximum absolute atomic E-state index is 12.8. The van der Waals surface area contributed by atoms with E-state index in [1.54, 1.807) is 17.7 Å². The number of hydrogen-bond donors (Lipinski definition) is 0. The zero-order chi connectivity index (χ0) is 16.1. The molecule has 1 aliphatic rings. The van der Waals surface area contributed by atoms with E-state index in [9.17, 15) is 18.0 Å². The van der Waals surface area contributed by atoms with E-state index in [1.165, 1.54) is 24.0 Å². The van der Waals surface area contributed by atoms with Gasteiger partial charge in [0.2, 0.25) is 0 Å². The predicted molar refractivity (Wildman–Crippen MR) is 74.8 cm³/mol. The molecule has 1 amide bonds. The second-order valence-electron chi connectivity index (χ2n) is 5.35. The van der Waals surface area contributed by atoms with E-state index in [-0.39, 0.29) is 11.5 Å². The smallest absolute Gasteiger partial charge is 0.305 e. The van der Waals surface area contributed by atoms with Crippen molar-refractivity contribution in [3.05, 3.63) is 46.8 Å². The number of aromatic nitrogens is 2. The molecular formula is C15H14F3N3O. The van der Waals surface area contributed by atoms with Crippen molar-refractivity contribution in [2.24, 2.45) is 0 Å². The number of fused-ring (bicyclic) bond motifs is 1. The van der Waals surface area contributed by atoms with Crippen LogP contribution in [0.1, 0.15) is 27.3 Å². The number of alkyl halides is 3. The molecule has 0 aliphatic carbocycles. The fourth-order valence-corrected chi connectivity index (χ4v) is 2.70. The molecule has 0 saturated heterocycles. The topological polar surface area (TPSA) is 38.1 Å². The molecule has 116 valence electrons. The van der Waals surface area contributed by atoms with E-state index in [1.807, 2.05) is 0 Å². The van der Waals surface area contributed by atoms with Crippen LogP contribution in [0, 0.1) is 13.8 Å². The molecule has 0 radical (unpaired) electrons. The standard InChI is InChI=1S/C15H14F3N3O/c1-9-7-11(3-4-12(9)15(16,17)18)20-5-6-21-13(14(20)22)8-10(2)19-21/h3-4,7-8H,5-6H2,1-2H3. The Hall–Kier alpha value is -2.31. The SMILES string of the molecule is Cc1cc2n(n1)CCN(c1ccc(C(F)(F)F)c(C)c1)C2=O. The highest BCUT2D eigenvalue weighted by Crippen LogP contribution is 2.34. The second-order valence-corrected chi connectivity index (χ2v) is 5.35. The molecule has 2 heterocycles. The van der Waals surface area contributed by atoms with Crippen LogP contribution in [0.4, 0.5) is 18.9 Å². The van der Waals surface area contributed by atoms with Gasteiger partial charge in [0.1, 0.15) is 5.69 Å². The molecule has 1 aromatic heterocycles. The Balaban J connectivity index is 1.96. The Bertz CT molecular complexity index is 749. The average Bonchev–Trinajstić information content (AvgIpc) is 2.79. The summed E-state index contributed by atoms with van der Waals surface area (Å²) in [6, 6.07) is 5.45. The van der Waals surface area contributed by atoms with Gasteiger partial charge in [0.25, 0.3) is 5.91 Å². The summed E-state index contributed by atoms with van der Waals surface area (Å²) < 4.78 is 40.1. The lowest BCUT2D eigenvalue weighted by molar-refractivity contribution is -0.138. The summed E-state index contributed by atoms with van der Waals surface area (Å²) in [6.45, 7) is 4.10. The van der Waals surface area contributed by atoms with Gasteiger partial charge in [0, 0.05) is 12.2 Å². The van der Waals surface area contributed by atoms with Crippen molar-refractivity contribution >= 4 is 11.6 Å². The maximum atomic E-state index is 12.8. The molecule has 4 nitrogen and oxygen atoms in total. The zero-order valence-electron chi connectivity index (χ0n) is 12.1. The largest absolute Gasteiger partial charge is 0.416 e. The van der Waals surface area contributed by atoms with Crippen molar-refractivity contribution in [2.75, 3.05) is 11.4 Å². The highest BCUT2D eigenvalue weighted by Gasteiger charge is 2.33. The number of hydrogen-bond acceptors (Lipinski definition) is 2. The molecule has 1 aromatic carbocycles. The third-order valence-electron chi connectivity index (χ3n) is 3.73. The van der Waals surface area contributed by atoms with Crippen LogP contribution >= 0.6 is 0 Å². The number of halogens is 3. The predicted octanol–water partition coefficient (Wildman–Crippen LogP) is 3.18. The van der Waals surface area contributed by atoms with E-state index >= 15 is 0 Å². The number of benzene rings is 1. The number of carbonyl (C=O) groups is 1. The number of aryl methyl sites for hydroxylation is 2. The second kappa shape index (κ2) is 4.86. The minimum atomic E-state index is -4.38. The number of carbonyl (C=O) groups excluding carboxylic acids is 1. The minimum Gasteiger partial charge on any atom is -0.305 e. The summed E-state index contributed by atoms with van der Waals surface area (Å²) in [5.41, 5.74) is 1.10. The van der Waals surface area contributed by atoms with E-state index < -0.39 is 11.7 Å².